The van der Waals surface area contributed by atoms with E-state index >= 15 is 0 Å². The van der Waals surface area contributed by atoms with Crippen LogP contribution >= 0.6 is 0 Å². The highest BCUT2D eigenvalue weighted by atomic mass is 16.8. The molecule has 0 radical (unpaired) electrons. The van der Waals surface area contributed by atoms with Gasteiger partial charge in [-0.15, -0.1) is 0 Å². The van der Waals surface area contributed by atoms with E-state index < -0.39 is 0 Å². The molecule has 60 valence electrons. The van der Waals surface area contributed by atoms with Gasteiger partial charge in [0.2, 0.25) is 0 Å². The second kappa shape index (κ2) is 1.95. The van der Waals surface area contributed by atoms with Gasteiger partial charge >= 0.3 is 0 Å². The molecule has 0 aromatic carbocycles. The molecule has 1 atom stereocenters. The zero-order valence-electron chi connectivity index (χ0n) is 6.11. The zero-order chi connectivity index (χ0) is 7.97. The van der Waals surface area contributed by atoms with Crippen molar-refractivity contribution >= 4 is 12.1 Å². The molecule has 0 aromatic heterocycles. The minimum Gasteiger partial charge on any atom is -0.260 e. The molecular weight excluding hydrogens is 156 g/mol. The maximum absolute atomic E-state index is 4.84. The fourth-order valence-electron chi connectivity index (χ4n) is 1.40. The highest BCUT2D eigenvalue weighted by molar-refractivity contribution is 6.12. The number of rotatable bonds is 0. The van der Waals surface area contributed by atoms with E-state index in [2.05, 4.69) is 20.9 Å². The SMILES string of the molecule is C1=CC2N=CN=C2C2=C1NON2. The van der Waals surface area contributed by atoms with E-state index in [1.165, 1.54) is 0 Å². The van der Waals surface area contributed by atoms with Crippen LogP contribution in [0.4, 0.5) is 0 Å². The van der Waals surface area contributed by atoms with Crippen molar-refractivity contribution < 1.29 is 4.94 Å². The fourth-order valence-corrected chi connectivity index (χ4v) is 1.40. The Hall–Kier alpha value is -1.62. The summed E-state index contributed by atoms with van der Waals surface area (Å²) in [6.07, 6.45) is 5.48. The van der Waals surface area contributed by atoms with Crippen LogP contribution in [0.3, 0.4) is 0 Å². The van der Waals surface area contributed by atoms with Crippen LogP contribution in [-0.4, -0.2) is 18.1 Å². The van der Waals surface area contributed by atoms with Crippen LogP contribution in [0, 0.1) is 0 Å². The molecule has 0 fully saturated rings. The monoisotopic (exact) mass is 162 g/mol. The predicted octanol–water partition coefficient (Wildman–Crippen LogP) is -0.341. The Morgan fingerprint density at radius 1 is 1.42 bits per heavy atom. The Morgan fingerprint density at radius 3 is 3.42 bits per heavy atom. The standard InChI is InChI=1S/C7H6N4O/c1-2-5-7(11-12-10-5)6-4(1)8-3-9-6/h1-4,10-11H. The molecular formula is C7H6N4O. The molecule has 0 amide bonds. The number of nitrogens with one attached hydrogen (secondary N) is 2. The summed E-state index contributed by atoms with van der Waals surface area (Å²) in [7, 11) is 0. The third kappa shape index (κ3) is 0.609. The summed E-state index contributed by atoms with van der Waals surface area (Å²) in [5.41, 5.74) is 8.17. The molecule has 0 aromatic rings. The smallest absolute Gasteiger partial charge is 0.115 e. The number of fused-ring (bicyclic) bond motifs is 2. The first-order valence-electron chi connectivity index (χ1n) is 3.65. The summed E-state index contributed by atoms with van der Waals surface area (Å²) in [5.74, 6) is 0. The van der Waals surface area contributed by atoms with E-state index in [9.17, 15) is 0 Å². The molecule has 0 saturated heterocycles. The fraction of sp³-hybridized carbons (Fsp3) is 0.143. The van der Waals surface area contributed by atoms with Gasteiger partial charge in [0.15, 0.2) is 0 Å². The largest absolute Gasteiger partial charge is 0.260 e. The maximum atomic E-state index is 4.84. The van der Waals surface area contributed by atoms with Gasteiger partial charge in [0.05, 0.1) is 11.4 Å². The first-order chi connectivity index (χ1) is 5.95. The predicted molar refractivity (Wildman–Crippen MR) is 43.2 cm³/mol. The molecule has 5 heteroatoms. The van der Waals surface area contributed by atoms with Gasteiger partial charge < -0.3 is 0 Å². The Kier molecular flexibility index (Phi) is 0.968. The van der Waals surface area contributed by atoms with Crippen LogP contribution in [0.1, 0.15) is 0 Å². The van der Waals surface area contributed by atoms with Gasteiger partial charge in [0.25, 0.3) is 0 Å². The van der Waals surface area contributed by atoms with Gasteiger partial charge in [0, 0.05) is 0 Å². The van der Waals surface area contributed by atoms with E-state index in [4.69, 9.17) is 4.94 Å². The van der Waals surface area contributed by atoms with Gasteiger partial charge in [-0.25, -0.2) is 16.0 Å². The van der Waals surface area contributed by atoms with Gasteiger partial charge in [-0.05, 0) is 6.08 Å². The molecule has 2 N–H and O–H groups in total. The van der Waals surface area contributed by atoms with Crippen molar-refractivity contribution in [3.05, 3.63) is 23.5 Å². The lowest BCUT2D eigenvalue weighted by molar-refractivity contribution is 0.0280. The quantitative estimate of drug-likeness (QED) is 0.512. The van der Waals surface area contributed by atoms with Gasteiger partial charge in [0.1, 0.15) is 18.1 Å². The van der Waals surface area contributed by atoms with Crippen molar-refractivity contribution in [2.24, 2.45) is 9.98 Å². The van der Waals surface area contributed by atoms with Crippen molar-refractivity contribution in [3.8, 4) is 0 Å². The molecule has 3 rings (SSSR count). The summed E-state index contributed by atoms with van der Waals surface area (Å²) in [6.45, 7) is 0. The molecule has 12 heavy (non-hydrogen) atoms. The molecule has 3 aliphatic rings. The van der Waals surface area contributed by atoms with Gasteiger partial charge in [-0.1, -0.05) is 6.08 Å². The Labute approximate surface area is 68.4 Å². The van der Waals surface area contributed by atoms with Crippen LogP contribution in [0.2, 0.25) is 0 Å². The zero-order valence-corrected chi connectivity index (χ0v) is 6.11. The maximum Gasteiger partial charge on any atom is 0.115 e. The summed E-state index contributed by atoms with van der Waals surface area (Å²) < 4.78 is 0. The van der Waals surface area contributed by atoms with Crippen LogP contribution in [0.25, 0.3) is 0 Å². The summed E-state index contributed by atoms with van der Waals surface area (Å²) in [6, 6.07) is 0.0692. The summed E-state index contributed by atoms with van der Waals surface area (Å²) in [4.78, 5) is 13.1. The molecule has 0 saturated carbocycles. The Bertz CT molecular complexity index is 352. The average Bonchev–Trinajstić information content (AvgIpc) is 2.71. The number of allylic oxidation sites excluding steroid dienone is 1. The minimum absolute atomic E-state index is 0.0692. The van der Waals surface area contributed by atoms with Gasteiger partial charge in [-0.2, -0.15) is 4.94 Å². The molecule has 2 heterocycles. The topological polar surface area (TPSA) is 58.0 Å². The van der Waals surface area contributed by atoms with Crippen molar-refractivity contribution in [2.75, 3.05) is 0 Å². The van der Waals surface area contributed by atoms with E-state index in [0.717, 1.165) is 17.1 Å². The van der Waals surface area contributed by atoms with E-state index in [0.29, 0.717) is 0 Å². The Morgan fingerprint density at radius 2 is 2.42 bits per heavy atom. The first kappa shape index (κ1) is 5.96. The summed E-state index contributed by atoms with van der Waals surface area (Å²) in [5, 5.41) is 0. The third-order valence-electron chi connectivity index (χ3n) is 1.99. The highest BCUT2D eigenvalue weighted by Crippen LogP contribution is 2.20. The van der Waals surface area contributed by atoms with Crippen LogP contribution < -0.4 is 11.0 Å². The molecule has 0 bridgehead atoms. The normalized spacial score (nSPS) is 29.3. The molecule has 5 nitrogen and oxygen atoms in total. The molecule has 1 aliphatic carbocycles. The Balaban J connectivity index is 2.12. The van der Waals surface area contributed by atoms with E-state index in [1.807, 2.05) is 12.2 Å². The number of nitrogens with zero attached hydrogens (tertiary/aromatic N) is 2. The van der Waals surface area contributed by atoms with Crippen molar-refractivity contribution in [1.82, 2.24) is 11.0 Å². The molecule has 0 spiro atoms. The molecule has 2 aliphatic heterocycles. The van der Waals surface area contributed by atoms with Crippen molar-refractivity contribution in [1.29, 1.82) is 0 Å². The number of hydrogen-bond donors (Lipinski definition) is 2. The van der Waals surface area contributed by atoms with Crippen LogP contribution in [0.15, 0.2) is 33.5 Å². The lowest BCUT2D eigenvalue weighted by Crippen LogP contribution is -2.24. The number of hydrogen-bond acceptors (Lipinski definition) is 5. The van der Waals surface area contributed by atoms with Gasteiger partial charge in [-0.3, -0.25) is 4.99 Å². The minimum atomic E-state index is 0.0692. The first-order valence-corrected chi connectivity index (χ1v) is 3.65. The van der Waals surface area contributed by atoms with E-state index in [-0.39, 0.29) is 6.04 Å². The van der Waals surface area contributed by atoms with Crippen molar-refractivity contribution in [2.45, 2.75) is 6.04 Å². The second-order valence-electron chi connectivity index (χ2n) is 2.68. The van der Waals surface area contributed by atoms with E-state index in [1.54, 1.807) is 6.34 Å². The van der Waals surface area contributed by atoms with Crippen molar-refractivity contribution in [3.63, 3.8) is 0 Å². The lowest BCUT2D eigenvalue weighted by Gasteiger charge is -2.10. The van der Waals surface area contributed by atoms with Crippen LogP contribution in [0.5, 0.6) is 0 Å². The third-order valence-corrected chi connectivity index (χ3v) is 1.99. The lowest BCUT2D eigenvalue weighted by atomic mass is 10.0. The molecule has 1 unspecified atom stereocenters. The number of hydroxylamine groups is 2. The van der Waals surface area contributed by atoms with Crippen LogP contribution in [-0.2, 0) is 4.94 Å². The average molecular weight is 162 g/mol. The summed E-state index contributed by atoms with van der Waals surface area (Å²) >= 11 is 0. The second-order valence-corrected chi connectivity index (χ2v) is 2.68. The number of aliphatic imine (C=N–C) groups is 2. The highest BCUT2D eigenvalue weighted by Gasteiger charge is 2.28.